The molecule has 0 bridgehead atoms. The van der Waals surface area contributed by atoms with Crippen LogP contribution in [0.15, 0.2) is 46.4 Å². The molecule has 0 saturated carbocycles. The van der Waals surface area contributed by atoms with E-state index in [4.69, 9.17) is 25.8 Å². The van der Waals surface area contributed by atoms with E-state index in [0.717, 1.165) is 0 Å². The van der Waals surface area contributed by atoms with Crippen LogP contribution in [0.25, 0.3) is 0 Å². The fraction of sp³-hybridized carbons (Fsp3) is 0.188. The zero-order valence-corrected chi connectivity index (χ0v) is 15.4. The number of rotatable bonds is 7. The fourth-order valence-corrected chi connectivity index (χ4v) is 2.90. The van der Waals surface area contributed by atoms with E-state index in [1.807, 2.05) is 0 Å². The topological polar surface area (TPSA) is 86.2 Å². The summed E-state index contributed by atoms with van der Waals surface area (Å²) in [5, 5.41) is 4.22. The van der Waals surface area contributed by atoms with E-state index in [1.165, 1.54) is 51.8 Å². The molecule has 0 saturated heterocycles. The van der Waals surface area contributed by atoms with E-state index >= 15 is 0 Å². The first kappa shape index (κ1) is 18.9. The average Bonchev–Trinajstić information content (AvgIpc) is 2.61. The van der Waals surface area contributed by atoms with Crippen molar-refractivity contribution < 1.29 is 22.6 Å². The summed E-state index contributed by atoms with van der Waals surface area (Å²) < 4.78 is 40.0. The summed E-state index contributed by atoms with van der Waals surface area (Å²) in [6.45, 7) is 0. The van der Waals surface area contributed by atoms with Crippen molar-refractivity contribution in [1.82, 2.24) is 4.83 Å². The lowest BCUT2D eigenvalue weighted by Crippen LogP contribution is -2.18. The molecule has 0 unspecified atom stereocenters. The van der Waals surface area contributed by atoms with E-state index in [-0.39, 0.29) is 4.90 Å². The molecular weight excluding hydrogens is 368 g/mol. The number of hydrogen-bond acceptors (Lipinski definition) is 6. The van der Waals surface area contributed by atoms with Crippen LogP contribution in [0.3, 0.4) is 0 Å². The van der Waals surface area contributed by atoms with E-state index < -0.39 is 10.0 Å². The highest BCUT2D eigenvalue weighted by Gasteiger charge is 2.13. The van der Waals surface area contributed by atoms with Gasteiger partial charge in [-0.25, -0.2) is 4.83 Å². The van der Waals surface area contributed by atoms with Crippen LogP contribution >= 0.6 is 11.6 Å². The molecule has 25 heavy (non-hydrogen) atoms. The number of nitrogens with zero attached hydrogens (tertiary/aromatic N) is 1. The van der Waals surface area contributed by atoms with Crippen molar-refractivity contribution in [1.29, 1.82) is 0 Å². The number of methoxy groups -OCH3 is 3. The highest BCUT2D eigenvalue weighted by atomic mass is 35.5. The summed E-state index contributed by atoms with van der Waals surface area (Å²) >= 11 is 5.75. The van der Waals surface area contributed by atoms with Crippen molar-refractivity contribution in [2.24, 2.45) is 5.10 Å². The van der Waals surface area contributed by atoms with Gasteiger partial charge in [-0.05, 0) is 30.3 Å². The number of hydrogen-bond donors (Lipinski definition) is 1. The molecule has 0 aliphatic rings. The molecule has 0 aromatic heterocycles. The van der Waals surface area contributed by atoms with E-state index in [0.29, 0.717) is 27.8 Å². The van der Waals surface area contributed by atoms with Gasteiger partial charge < -0.3 is 14.2 Å². The first-order chi connectivity index (χ1) is 11.9. The maximum atomic E-state index is 12.2. The predicted octanol–water partition coefficient (Wildman–Crippen LogP) is 2.68. The molecule has 2 rings (SSSR count). The Morgan fingerprint density at radius 2 is 1.52 bits per heavy atom. The van der Waals surface area contributed by atoms with Gasteiger partial charge in [0.1, 0.15) is 5.75 Å². The number of ether oxygens (including phenoxy) is 3. The van der Waals surface area contributed by atoms with Crippen LogP contribution in [0.5, 0.6) is 17.2 Å². The third-order valence-corrected chi connectivity index (χ3v) is 4.73. The van der Waals surface area contributed by atoms with Crippen molar-refractivity contribution in [3.05, 3.63) is 47.0 Å². The van der Waals surface area contributed by atoms with Gasteiger partial charge in [-0.1, -0.05) is 11.6 Å². The minimum atomic E-state index is -3.80. The van der Waals surface area contributed by atoms with Crippen LogP contribution in [0.2, 0.25) is 5.02 Å². The molecule has 0 atom stereocenters. The number of benzene rings is 2. The van der Waals surface area contributed by atoms with Gasteiger partial charge in [-0.3, -0.25) is 0 Å². The summed E-state index contributed by atoms with van der Waals surface area (Å²) in [5.74, 6) is 1.40. The lowest BCUT2D eigenvalue weighted by atomic mass is 10.2. The highest BCUT2D eigenvalue weighted by Crippen LogP contribution is 2.33. The van der Waals surface area contributed by atoms with Gasteiger partial charge in [0.25, 0.3) is 10.0 Å². The Morgan fingerprint density at radius 3 is 2.08 bits per heavy atom. The van der Waals surface area contributed by atoms with Crippen LogP contribution in [0.1, 0.15) is 5.56 Å². The van der Waals surface area contributed by atoms with Gasteiger partial charge in [-0.15, -0.1) is 0 Å². The van der Waals surface area contributed by atoms with Gasteiger partial charge >= 0.3 is 0 Å². The van der Waals surface area contributed by atoms with Crippen molar-refractivity contribution in [2.45, 2.75) is 4.90 Å². The molecule has 2 aromatic rings. The summed E-state index contributed by atoms with van der Waals surface area (Å²) in [7, 11) is 0.684. The smallest absolute Gasteiger partial charge is 0.276 e. The Balaban J connectivity index is 2.25. The SMILES string of the molecule is COc1cc(OC)c(OC)cc1/C=N/NS(=O)(=O)c1ccc(Cl)cc1. The molecule has 1 N–H and O–H groups in total. The first-order valence-corrected chi connectivity index (χ1v) is 8.88. The monoisotopic (exact) mass is 384 g/mol. The minimum Gasteiger partial charge on any atom is -0.496 e. The van der Waals surface area contributed by atoms with Crippen LogP contribution in [-0.2, 0) is 10.0 Å². The van der Waals surface area contributed by atoms with Crippen LogP contribution in [0, 0.1) is 0 Å². The van der Waals surface area contributed by atoms with Crippen molar-refractivity contribution in [2.75, 3.05) is 21.3 Å². The number of sulfonamides is 1. The Morgan fingerprint density at radius 1 is 0.960 bits per heavy atom. The molecule has 0 heterocycles. The van der Waals surface area contributed by atoms with Crippen molar-refractivity contribution in [3.8, 4) is 17.2 Å². The van der Waals surface area contributed by atoms with Crippen molar-refractivity contribution in [3.63, 3.8) is 0 Å². The highest BCUT2D eigenvalue weighted by molar-refractivity contribution is 7.89. The maximum Gasteiger partial charge on any atom is 0.276 e. The van der Waals surface area contributed by atoms with Gasteiger partial charge in [0.15, 0.2) is 11.5 Å². The van der Waals surface area contributed by atoms with Gasteiger partial charge in [0, 0.05) is 16.7 Å². The molecule has 134 valence electrons. The summed E-state index contributed by atoms with van der Waals surface area (Å²) in [6.07, 6.45) is 1.31. The normalized spacial score (nSPS) is 11.4. The standard InChI is InChI=1S/C16H17ClN2O5S/c1-22-14-9-16(24-3)15(23-2)8-11(14)10-18-19-25(20,21)13-6-4-12(17)5-7-13/h4-10,19H,1-3H3/b18-10+. The van der Waals surface area contributed by atoms with E-state index in [2.05, 4.69) is 9.93 Å². The van der Waals surface area contributed by atoms with Crippen LogP contribution < -0.4 is 19.0 Å². The Kier molecular flexibility index (Phi) is 6.11. The summed E-state index contributed by atoms with van der Waals surface area (Å²) in [5.41, 5.74) is 0.513. The second-order valence-corrected chi connectivity index (χ2v) is 6.85. The lowest BCUT2D eigenvalue weighted by molar-refractivity contribution is 0.349. The molecular formula is C16H17ClN2O5S. The predicted molar refractivity (Wildman–Crippen MR) is 95.5 cm³/mol. The molecule has 0 fully saturated rings. The fourth-order valence-electron chi connectivity index (χ4n) is 1.99. The number of halogens is 1. The molecule has 7 nitrogen and oxygen atoms in total. The zero-order chi connectivity index (χ0) is 18.4. The largest absolute Gasteiger partial charge is 0.496 e. The number of nitrogens with one attached hydrogen (secondary N) is 1. The average molecular weight is 385 g/mol. The Hall–Kier alpha value is -2.45. The molecule has 0 aliphatic heterocycles. The maximum absolute atomic E-state index is 12.2. The summed E-state index contributed by atoms with van der Waals surface area (Å²) in [6, 6.07) is 8.98. The van der Waals surface area contributed by atoms with Crippen molar-refractivity contribution >= 4 is 27.8 Å². The summed E-state index contributed by atoms with van der Waals surface area (Å²) in [4.78, 5) is 2.18. The molecule has 0 aliphatic carbocycles. The molecule has 0 spiro atoms. The third-order valence-electron chi connectivity index (χ3n) is 3.24. The second-order valence-electron chi connectivity index (χ2n) is 4.76. The Labute approximate surface area is 151 Å². The van der Waals surface area contributed by atoms with Crippen LogP contribution in [-0.4, -0.2) is 36.0 Å². The molecule has 2 aromatic carbocycles. The van der Waals surface area contributed by atoms with E-state index in [9.17, 15) is 8.42 Å². The quantitative estimate of drug-likeness (QED) is 0.586. The second kappa shape index (κ2) is 8.09. The van der Waals surface area contributed by atoms with Crippen LogP contribution in [0.4, 0.5) is 0 Å². The third kappa shape index (κ3) is 4.55. The Bertz CT molecular complexity index is 867. The van der Waals surface area contributed by atoms with Gasteiger partial charge in [0.2, 0.25) is 0 Å². The number of hydrazone groups is 1. The van der Waals surface area contributed by atoms with Gasteiger partial charge in [0.05, 0.1) is 32.4 Å². The molecule has 0 amide bonds. The minimum absolute atomic E-state index is 0.0494. The lowest BCUT2D eigenvalue weighted by Gasteiger charge is -2.11. The van der Waals surface area contributed by atoms with E-state index in [1.54, 1.807) is 12.1 Å². The molecule has 9 heteroatoms. The first-order valence-electron chi connectivity index (χ1n) is 7.01. The molecule has 0 radical (unpaired) electrons. The zero-order valence-electron chi connectivity index (χ0n) is 13.8. The van der Waals surface area contributed by atoms with Gasteiger partial charge in [-0.2, -0.15) is 13.5 Å².